The number of benzene rings is 2. The van der Waals surface area contributed by atoms with E-state index in [0.29, 0.717) is 24.9 Å². The van der Waals surface area contributed by atoms with Crippen molar-refractivity contribution < 1.29 is 9.18 Å². The fourth-order valence-corrected chi connectivity index (χ4v) is 3.99. The number of hydrogen-bond acceptors (Lipinski definition) is 2. The van der Waals surface area contributed by atoms with Crippen molar-refractivity contribution in [1.29, 1.82) is 0 Å². The Balaban J connectivity index is 1.44. The average molecular weight is 388 g/mol. The number of nitrogens with zero attached hydrogens (tertiary/aromatic N) is 2. The molecule has 1 saturated heterocycles. The standard InChI is InChI=1S/C25H25FN2O/c26-23-13-5-4-10-20(23)17-22-12-6-14-24(27-22)21-11-7-15-28(18-21)25(29)16-19-8-2-1-3-9-19/h1-6,8-10,12-14,21H,7,11,15-18H2/t21-/m0/s1. The normalized spacial score (nSPS) is 16.6. The summed E-state index contributed by atoms with van der Waals surface area (Å²) in [6, 6.07) is 22.7. The molecule has 1 amide bonds. The van der Waals surface area contributed by atoms with Crippen molar-refractivity contribution in [2.75, 3.05) is 13.1 Å². The van der Waals surface area contributed by atoms with Gasteiger partial charge in [0.2, 0.25) is 5.91 Å². The van der Waals surface area contributed by atoms with Gasteiger partial charge < -0.3 is 4.90 Å². The monoisotopic (exact) mass is 388 g/mol. The van der Waals surface area contributed by atoms with Crippen molar-refractivity contribution >= 4 is 5.91 Å². The van der Waals surface area contributed by atoms with Crippen LogP contribution >= 0.6 is 0 Å². The van der Waals surface area contributed by atoms with Crippen LogP contribution in [0.3, 0.4) is 0 Å². The zero-order valence-electron chi connectivity index (χ0n) is 16.4. The van der Waals surface area contributed by atoms with Crippen LogP contribution in [-0.4, -0.2) is 28.9 Å². The van der Waals surface area contributed by atoms with Gasteiger partial charge in [-0.15, -0.1) is 0 Å². The zero-order chi connectivity index (χ0) is 20.1. The Morgan fingerprint density at radius 2 is 1.79 bits per heavy atom. The molecule has 29 heavy (non-hydrogen) atoms. The van der Waals surface area contributed by atoms with Gasteiger partial charge in [0.1, 0.15) is 5.82 Å². The molecule has 1 aromatic heterocycles. The fourth-order valence-electron chi connectivity index (χ4n) is 3.99. The molecule has 3 aromatic rings. The molecule has 148 valence electrons. The molecule has 0 radical (unpaired) electrons. The third-order valence-electron chi connectivity index (χ3n) is 5.55. The lowest BCUT2D eigenvalue weighted by molar-refractivity contribution is -0.131. The van der Waals surface area contributed by atoms with Crippen LogP contribution in [0.1, 0.15) is 41.3 Å². The van der Waals surface area contributed by atoms with Gasteiger partial charge in [-0.2, -0.15) is 0 Å². The largest absolute Gasteiger partial charge is 0.342 e. The first-order valence-electron chi connectivity index (χ1n) is 10.2. The Morgan fingerprint density at radius 1 is 1.00 bits per heavy atom. The highest BCUT2D eigenvalue weighted by molar-refractivity contribution is 5.79. The van der Waals surface area contributed by atoms with Crippen molar-refractivity contribution in [3.8, 4) is 0 Å². The Kier molecular flexibility index (Phi) is 5.99. The first-order chi connectivity index (χ1) is 14.2. The highest BCUT2D eigenvalue weighted by Crippen LogP contribution is 2.26. The van der Waals surface area contributed by atoms with E-state index in [9.17, 15) is 9.18 Å². The summed E-state index contributed by atoms with van der Waals surface area (Å²) in [5.41, 5.74) is 3.56. The minimum absolute atomic E-state index is 0.170. The molecule has 3 nitrogen and oxygen atoms in total. The van der Waals surface area contributed by atoms with E-state index in [1.54, 1.807) is 12.1 Å². The number of aromatic nitrogens is 1. The number of halogens is 1. The minimum atomic E-state index is -0.199. The molecule has 1 atom stereocenters. The molecule has 1 fully saturated rings. The first-order valence-corrected chi connectivity index (χ1v) is 10.2. The Hall–Kier alpha value is -3.01. The summed E-state index contributed by atoms with van der Waals surface area (Å²) < 4.78 is 14.0. The topological polar surface area (TPSA) is 33.2 Å². The fraction of sp³-hybridized carbons (Fsp3) is 0.280. The van der Waals surface area contributed by atoms with Gasteiger partial charge in [-0.25, -0.2) is 4.39 Å². The Labute approximate surface area is 171 Å². The van der Waals surface area contributed by atoms with Crippen LogP contribution in [0.2, 0.25) is 0 Å². The molecule has 4 rings (SSSR count). The molecule has 0 saturated carbocycles. The van der Waals surface area contributed by atoms with Gasteiger partial charge in [-0.05, 0) is 42.2 Å². The van der Waals surface area contributed by atoms with Gasteiger partial charge in [-0.3, -0.25) is 9.78 Å². The number of carbonyl (C=O) groups excluding carboxylic acids is 1. The molecule has 0 unspecified atom stereocenters. The van der Waals surface area contributed by atoms with Crippen LogP contribution in [0.5, 0.6) is 0 Å². The third-order valence-corrected chi connectivity index (χ3v) is 5.55. The lowest BCUT2D eigenvalue weighted by Crippen LogP contribution is -2.40. The first kappa shape index (κ1) is 19.3. The number of pyridine rings is 1. The maximum atomic E-state index is 14.0. The van der Waals surface area contributed by atoms with Crippen LogP contribution in [0, 0.1) is 5.82 Å². The quantitative estimate of drug-likeness (QED) is 0.631. The van der Waals surface area contributed by atoms with Crippen LogP contribution in [0.15, 0.2) is 72.8 Å². The third kappa shape index (κ3) is 4.89. The van der Waals surface area contributed by atoms with E-state index in [1.165, 1.54) is 6.07 Å². The molecule has 0 aliphatic carbocycles. The number of amides is 1. The Bertz CT molecular complexity index is 973. The molecule has 0 N–H and O–H groups in total. The highest BCUT2D eigenvalue weighted by atomic mass is 19.1. The van der Waals surface area contributed by atoms with E-state index < -0.39 is 0 Å². The number of piperidine rings is 1. The summed E-state index contributed by atoms with van der Waals surface area (Å²) in [6.07, 6.45) is 2.91. The molecular formula is C25H25FN2O. The molecule has 0 bridgehead atoms. The van der Waals surface area contributed by atoms with Crippen molar-refractivity contribution in [2.45, 2.75) is 31.6 Å². The molecule has 4 heteroatoms. The summed E-state index contributed by atoms with van der Waals surface area (Å²) >= 11 is 0. The second-order valence-corrected chi connectivity index (χ2v) is 7.66. The number of likely N-dealkylation sites (tertiary alicyclic amines) is 1. The highest BCUT2D eigenvalue weighted by Gasteiger charge is 2.25. The van der Waals surface area contributed by atoms with Gasteiger partial charge in [0.15, 0.2) is 0 Å². The number of hydrogen-bond donors (Lipinski definition) is 0. The zero-order valence-corrected chi connectivity index (χ0v) is 16.4. The maximum absolute atomic E-state index is 14.0. The summed E-state index contributed by atoms with van der Waals surface area (Å²) in [4.78, 5) is 19.5. The SMILES string of the molecule is O=C(Cc1ccccc1)N1CCC[C@H](c2cccc(Cc3ccccc3F)n2)C1. The number of carbonyl (C=O) groups is 1. The van der Waals surface area contributed by atoms with E-state index >= 15 is 0 Å². The lowest BCUT2D eigenvalue weighted by atomic mass is 9.93. The smallest absolute Gasteiger partial charge is 0.227 e. The second kappa shape index (κ2) is 8.99. The molecule has 1 aliphatic heterocycles. The van der Waals surface area contributed by atoms with Crippen LogP contribution in [0.4, 0.5) is 4.39 Å². The van der Waals surface area contributed by atoms with Gasteiger partial charge >= 0.3 is 0 Å². The number of rotatable bonds is 5. The minimum Gasteiger partial charge on any atom is -0.342 e. The van der Waals surface area contributed by atoms with Gasteiger partial charge in [0.05, 0.1) is 6.42 Å². The van der Waals surface area contributed by atoms with E-state index in [2.05, 4.69) is 0 Å². The molecule has 0 spiro atoms. The molecule has 1 aliphatic rings. The predicted molar refractivity (Wildman–Crippen MR) is 112 cm³/mol. The van der Waals surface area contributed by atoms with E-state index in [1.807, 2.05) is 59.5 Å². The van der Waals surface area contributed by atoms with Crippen LogP contribution in [0.25, 0.3) is 0 Å². The van der Waals surface area contributed by atoms with Crippen LogP contribution < -0.4 is 0 Å². The Morgan fingerprint density at radius 3 is 2.62 bits per heavy atom. The van der Waals surface area contributed by atoms with Crippen molar-refractivity contribution in [2.24, 2.45) is 0 Å². The van der Waals surface area contributed by atoms with Crippen LogP contribution in [-0.2, 0) is 17.6 Å². The van der Waals surface area contributed by atoms with Gasteiger partial charge in [0.25, 0.3) is 0 Å². The summed E-state index contributed by atoms with van der Waals surface area (Å²) in [7, 11) is 0. The van der Waals surface area contributed by atoms with Crippen molar-refractivity contribution in [3.63, 3.8) is 0 Å². The van der Waals surface area contributed by atoms with E-state index in [-0.39, 0.29) is 17.6 Å². The predicted octanol–water partition coefficient (Wildman–Crippen LogP) is 4.76. The molecule has 2 heterocycles. The maximum Gasteiger partial charge on any atom is 0.227 e. The van der Waals surface area contributed by atoms with E-state index in [4.69, 9.17) is 4.98 Å². The molecular weight excluding hydrogens is 363 g/mol. The summed E-state index contributed by atoms with van der Waals surface area (Å²) in [5, 5.41) is 0. The van der Waals surface area contributed by atoms with Gasteiger partial charge in [-0.1, -0.05) is 54.6 Å². The van der Waals surface area contributed by atoms with Crippen molar-refractivity contribution in [1.82, 2.24) is 9.88 Å². The lowest BCUT2D eigenvalue weighted by Gasteiger charge is -2.32. The second-order valence-electron chi connectivity index (χ2n) is 7.66. The van der Waals surface area contributed by atoms with Gasteiger partial charge in [0, 0.05) is 36.8 Å². The van der Waals surface area contributed by atoms with Crippen molar-refractivity contribution in [3.05, 3.63) is 101 Å². The summed E-state index contributed by atoms with van der Waals surface area (Å²) in [6.45, 7) is 1.50. The summed E-state index contributed by atoms with van der Waals surface area (Å²) in [5.74, 6) is 0.197. The van der Waals surface area contributed by atoms with E-state index in [0.717, 1.165) is 36.3 Å². The molecule has 2 aromatic carbocycles. The average Bonchev–Trinajstić information content (AvgIpc) is 2.76.